The largest absolute Gasteiger partial charge is 0.293 e. The molecule has 1 heterocycles. The fraction of sp³-hybridized carbons (Fsp3) is 0.500. The van der Waals surface area contributed by atoms with Crippen LogP contribution >= 0.6 is 15.9 Å². The zero-order valence-electron chi connectivity index (χ0n) is 7.39. The second kappa shape index (κ2) is 3.39. The van der Waals surface area contributed by atoms with Gasteiger partial charge in [0.1, 0.15) is 5.69 Å². The number of carbonyl (C=O) groups is 1. The number of Topliss-reactive ketones (excluding diaryl/α,β-unsaturated/α-hetero) is 1. The summed E-state index contributed by atoms with van der Waals surface area (Å²) in [4.78, 5) is 11.2. The zero-order valence-corrected chi connectivity index (χ0v) is 8.97. The molecule has 0 saturated carbocycles. The lowest BCUT2D eigenvalue weighted by Gasteiger charge is -1.99. The van der Waals surface area contributed by atoms with Gasteiger partial charge in [-0.1, -0.05) is 0 Å². The van der Waals surface area contributed by atoms with Crippen molar-refractivity contribution in [2.24, 2.45) is 0 Å². The standard InChI is InChI=1S/C8H11BrN2O/c1-4-11-8(6(3)12)7(9)5(2)10-11/h4H2,1-3H3. The normalized spacial score (nSPS) is 10.3. The lowest BCUT2D eigenvalue weighted by molar-refractivity contribution is 0.100. The van der Waals surface area contributed by atoms with Gasteiger partial charge in [-0.2, -0.15) is 5.10 Å². The maximum Gasteiger partial charge on any atom is 0.178 e. The highest BCUT2D eigenvalue weighted by molar-refractivity contribution is 9.10. The Hall–Kier alpha value is -0.640. The van der Waals surface area contributed by atoms with Gasteiger partial charge in [0.25, 0.3) is 0 Å². The first-order valence-electron chi connectivity index (χ1n) is 3.81. The van der Waals surface area contributed by atoms with Gasteiger partial charge in [-0.25, -0.2) is 0 Å². The van der Waals surface area contributed by atoms with Crippen LogP contribution in [-0.2, 0) is 6.54 Å². The van der Waals surface area contributed by atoms with Crippen molar-refractivity contribution in [1.82, 2.24) is 9.78 Å². The first-order chi connectivity index (χ1) is 5.57. The molecule has 12 heavy (non-hydrogen) atoms. The average Bonchev–Trinajstić information content (AvgIpc) is 2.28. The van der Waals surface area contributed by atoms with E-state index in [4.69, 9.17) is 0 Å². The smallest absolute Gasteiger partial charge is 0.178 e. The number of hydrogen-bond donors (Lipinski definition) is 0. The van der Waals surface area contributed by atoms with Gasteiger partial charge in [0.2, 0.25) is 0 Å². The highest BCUT2D eigenvalue weighted by Crippen LogP contribution is 2.20. The van der Waals surface area contributed by atoms with E-state index in [-0.39, 0.29) is 5.78 Å². The van der Waals surface area contributed by atoms with E-state index < -0.39 is 0 Å². The second-order valence-corrected chi connectivity index (χ2v) is 3.41. The molecule has 3 nitrogen and oxygen atoms in total. The fourth-order valence-electron chi connectivity index (χ4n) is 1.12. The van der Waals surface area contributed by atoms with Crippen LogP contribution in [0.2, 0.25) is 0 Å². The maximum absolute atomic E-state index is 11.2. The summed E-state index contributed by atoms with van der Waals surface area (Å²) < 4.78 is 2.53. The fourth-order valence-corrected chi connectivity index (χ4v) is 1.69. The van der Waals surface area contributed by atoms with E-state index in [1.807, 2.05) is 13.8 Å². The summed E-state index contributed by atoms with van der Waals surface area (Å²) in [5.41, 5.74) is 1.53. The molecule has 0 unspecified atom stereocenters. The molecule has 0 atom stereocenters. The number of nitrogens with zero attached hydrogens (tertiary/aromatic N) is 2. The Bertz CT molecular complexity index is 317. The minimum absolute atomic E-state index is 0.0457. The lowest BCUT2D eigenvalue weighted by Crippen LogP contribution is -2.06. The van der Waals surface area contributed by atoms with E-state index >= 15 is 0 Å². The molecule has 0 fully saturated rings. The van der Waals surface area contributed by atoms with Crippen LogP contribution in [0.25, 0.3) is 0 Å². The summed E-state index contributed by atoms with van der Waals surface area (Å²) in [5, 5.41) is 4.20. The predicted octanol–water partition coefficient (Wildman–Crippen LogP) is 2.18. The van der Waals surface area contributed by atoms with Crippen LogP contribution in [0.5, 0.6) is 0 Å². The van der Waals surface area contributed by atoms with Crippen molar-refractivity contribution >= 4 is 21.7 Å². The highest BCUT2D eigenvalue weighted by atomic mass is 79.9. The first kappa shape index (κ1) is 9.45. The van der Waals surface area contributed by atoms with Crippen molar-refractivity contribution in [2.45, 2.75) is 27.3 Å². The van der Waals surface area contributed by atoms with Crippen LogP contribution in [-0.4, -0.2) is 15.6 Å². The molecule has 1 aromatic rings. The van der Waals surface area contributed by atoms with Crippen LogP contribution in [0.4, 0.5) is 0 Å². The molecule has 0 aliphatic rings. The summed E-state index contributed by atoms with van der Waals surface area (Å²) in [6.45, 7) is 6.11. The highest BCUT2D eigenvalue weighted by Gasteiger charge is 2.14. The molecule has 1 aromatic heterocycles. The quantitative estimate of drug-likeness (QED) is 0.731. The van der Waals surface area contributed by atoms with Crippen molar-refractivity contribution in [3.63, 3.8) is 0 Å². The summed E-state index contributed by atoms with van der Waals surface area (Å²) in [7, 11) is 0. The van der Waals surface area contributed by atoms with Crippen LogP contribution in [0.1, 0.15) is 30.0 Å². The van der Waals surface area contributed by atoms with E-state index in [1.54, 1.807) is 11.6 Å². The molecule has 0 amide bonds. The molecule has 0 spiro atoms. The number of hydrogen-bond acceptors (Lipinski definition) is 2. The van der Waals surface area contributed by atoms with Gasteiger partial charge in [0, 0.05) is 13.5 Å². The third-order valence-electron chi connectivity index (χ3n) is 1.69. The van der Waals surface area contributed by atoms with Gasteiger partial charge in [-0.15, -0.1) is 0 Å². The number of halogens is 1. The van der Waals surface area contributed by atoms with E-state index in [1.165, 1.54) is 0 Å². The minimum Gasteiger partial charge on any atom is -0.293 e. The summed E-state index contributed by atoms with van der Waals surface area (Å²) in [6, 6.07) is 0. The molecule has 0 saturated heterocycles. The summed E-state index contributed by atoms with van der Waals surface area (Å²) >= 11 is 3.34. The van der Waals surface area contributed by atoms with Gasteiger partial charge < -0.3 is 0 Å². The van der Waals surface area contributed by atoms with E-state index in [9.17, 15) is 4.79 Å². The summed E-state index contributed by atoms with van der Waals surface area (Å²) in [5.74, 6) is 0.0457. The van der Waals surface area contributed by atoms with E-state index in [0.717, 1.165) is 16.7 Å². The van der Waals surface area contributed by atoms with Gasteiger partial charge in [-0.05, 0) is 29.8 Å². The number of aromatic nitrogens is 2. The SMILES string of the molecule is CCn1nc(C)c(Br)c1C(C)=O. The molecular weight excluding hydrogens is 220 g/mol. The van der Waals surface area contributed by atoms with Gasteiger partial charge in [-0.3, -0.25) is 9.48 Å². The molecule has 0 aromatic carbocycles. The Kier molecular flexibility index (Phi) is 2.67. The molecule has 0 N–H and O–H groups in total. The van der Waals surface area contributed by atoms with E-state index in [2.05, 4.69) is 21.0 Å². The lowest BCUT2D eigenvalue weighted by atomic mass is 10.3. The first-order valence-corrected chi connectivity index (χ1v) is 4.61. The molecule has 0 radical (unpaired) electrons. The third-order valence-corrected chi connectivity index (χ3v) is 2.64. The maximum atomic E-state index is 11.2. The Morgan fingerprint density at radius 2 is 2.25 bits per heavy atom. The minimum atomic E-state index is 0.0457. The van der Waals surface area contributed by atoms with Gasteiger partial charge >= 0.3 is 0 Å². The number of aryl methyl sites for hydroxylation is 2. The van der Waals surface area contributed by atoms with Crippen molar-refractivity contribution < 1.29 is 4.79 Å². The van der Waals surface area contributed by atoms with Crippen molar-refractivity contribution in [3.05, 3.63) is 15.9 Å². The topological polar surface area (TPSA) is 34.9 Å². The number of carbonyl (C=O) groups excluding carboxylic acids is 1. The van der Waals surface area contributed by atoms with Crippen LogP contribution in [0, 0.1) is 6.92 Å². The van der Waals surface area contributed by atoms with Crippen molar-refractivity contribution in [3.8, 4) is 0 Å². The number of rotatable bonds is 2. The van der Waals surface area contributed by atoms with Gasteiger partial charge in [0.05, 0.1) is 10.2 Å². The molecule has 0 bridgehead atoms. The molecule has 1 rings (SSSR count). The molecule has 0 aliphatic carbocycles. The van der Waals surface area contributed by atoms with Crippen molar-refractivity contribution in [1.29, 1.82) is 0 Å². The van der Waals surface area contributed by atoms with E-state index in [0.29, 0.717) is 5.69 Å². The Morgan fingerprint density at radius 1 is 1.67 bits per heavy atom. The van der Waals surface area contributed by atoms with Crippen LogP contribution in [0.15, 0.2) is 4.47 Å². The van der Waals surface area contributed by atoms with Crippen LogP contribution in [0.3, 0.4) is 0 Å². The van der Waals surface area contributed by atoms with Crippen LogP contribution < -0.4 is 0 Å². The van der Waals surface area contributed by atoms with Gasteiger partial charge in [0.15, 0.2) is 5.78 Å². The molecule has 0 aliphatic heterocycles. The second-order valence-electron chi connectivity index (χ2n) is 2.62. The molecule has 4 heteroatoms. The predicted molar refractivity (Wildman–Crippen MR) is 50.3 cm³/mol. The average molecular weight is 231 g/mol. The molecular formula is C8H11BrN2O. The van der Waals surface area contributed by atoms with Crippen molar-refractivity contribution in [2.75, 3.05) is 0 Å². The third kappa shape index (κ3) is 1.43. The Labute approximate surface area is 79.9 Å². The molecule has 66 valence electrons. The Morgan fingerprint density at radius 3 is 2.58 bits per heavy atom. The monoisotopic (exact) mass is 230 g/mol. The Balaban J connectivity index is 3.31. The summed E-state index contributed by atoms with van der Waals surface area (Å²) in [6.07, 6.45) is 0. The number of ketones is 1. The zero-order chi connectivity index (χ0) is 9.30.